The van der Waals surface area contributed by atoms with Crippen molar-refractivity contribution in [3.05, 3.63) is 29.5 Å². The second kappa shape index (κ2) is 6.80. The van der Waals surface area contributed by atoms with E-state index in [0.29, 0.717) is 22.5 Å². The minimum absolute atomic E-state index is 0.110. The van der Waals surface area contributed by atoms with Gasteiger partial charge in [0.2, 0.25) is 5.91 Å². The highest BCUT2D eigenvalue weighted by Crippen LogP contribution is 2.38. The average Bonchev–Trinajstić information content (AvgIpc) is 3.27. The molecule has 1 aromatic carbocycles. The normalized spacial score (nSPS) is 15.3. The minimum atomic E-state index is -0.294. The standard InChI is InChI=1S/C15H17ClN4O2S/c1-9(23-15-19-17-8-20(15)11-4-5-11)14(21)18-10-3-6-13(22-2)12(16)7-10/h3,6-9,11H,4-5H2,1-2H3,(H,18,21). The van der Waals surface area contributed by atoms with E-state index in [1.165, 1.54) is 11.8 Å². The van der Waals surface area contributed by atoms with E-state index in [4.69, 9.17) is 16.3 Å². The number of hydrogen-bond acceptors (Lipinski definition) is 5. The lowest BCUT2D eigenvalue weighted by molar-refractivity contribution is -0.115. The van der Waals surface area contributed by atoms with E-state index in [-0.39, 0.29) is 11.2 Å². The Morgan fingerprint density at radius 1 is 1.52 bits per heavy atom. The Hall–Kier alpha value is -1.73. The molecular formula is C15H17ClN4O2S. The van der Waals surface area contributed by atoms with Crippen LogP contribution >= 0.6 is 23.4 Å². The molecule has 1 N–H and O–H groups in total. The summed E-state index contributed by atoms with van der Waals surface area (Å²) in [7, 11) is 1.55. The van der Waals surface area contributed by atoms with Crippen molar-refractivity contribution in [2.24, 2.45) is 0 Å². The second-order valence-corrected chi connectivity index (χ2v) is 7.07. The van der Waals surface area contributed by atoms with Gasteiger partial charge >= 0.3 is 0 Å². The summed E-state index contributed by atoms with van der Waals surface area (Å²) in [6.45, 7) is 1.84. The van der Waals surface area contributed by atoms with Crippen LogP contribution in [0.5, 0.6) is 5.75 Å². The molecule has 1 heterocycles. The third-order valence-electron chi connectivity index (χ3n) is 3.55. The number of carbonyl (C=O) groups excluding carboxylic acids is 1. The smallest absolute Gasteiger partial charge is 0.237 e. The molecule has 1 atom stereocenters. The lowest BCUT2D eigenvalue weighted by Crippen LogP contribution is -2.22. The first-order chi connectivity index (χ1) is 11.1. The van der Waals surface area contributed by atoms with Gasteiger partial charge in [0.25, 0.3) is 0 Å². The second-order valence-electron chi connectivity index (χ2n) is 5.35. The lowest BCUT2D eigenvalue weighted by atomic mass is 10.3. The van der Waals surface area contributed by atoms with Gasteiger partial charge in [0.05, 0.1) is 17.4 Å². The van der Waals surface area contributed by atoms with Gasteiger partial charge in [-0.1, -0.05) is 23.4 Å². The Balaban J connectivity index is 1.63. The molecular weight excluding hydrogens is 336 g/mol. The summed E-state index contributed by atoms with van der Waals surface area (Å²) in [6.07, 6.45) is 4.03. The van der Waals surface area contributed by atoms with Gasteiger partial charge < -0.3 is 14.6 Å². The molecule has 1 fully saturated rings. The van der Waals surface area contributed by atoms with E-state index >= 15 is 0 Å². The number of ether oxygens (including phenoxy) is 1. The van der Waals surface area contributed by atoms with Crippen molar-refractivity contribution in [2.45, 2.75) is 36.2 Å². The van der Waals surface area contributed by atoms with Crippen molar-refractivity contribution in [3.63, 3.8) is 0 Å². The van der Waals surface area contributed by atoms with Crippen LogP contribution in [0.15, 0.2) is 29.7 Å². The summed E-state index contributed by atoms with van der Waals surface area (Å²) >= 11 is 7.47. The first-order valence-electron chi connectivity index (χ1n) is 7.29. The molecule has 6 nitrogen and oxygen atoms in total. The average molecular weight is 353 g/mol. The van der Waals surface area contributed by atoms with Gasteiger partial charge in [-0.3, -0.25) is 4.79 Å². The van der Waals surface area contributed by atoms with Gasteiger partial charge in [-0.2, -0.15) is 0 Å². The SMILES string of the molecule is COc1ccc(NC(=O)C(C)Sc2nncn2C2CC2)cc1Cl. The molecule has 1 aliphatic carbocycles. The number of aromatic nitrogens is 3. The molecule has 122 valence electrons. The van der Waals surface area contributed by atoms with Crippen molar-refractivity contribution in [3.8, 4) is 5.75 Å². The molecule has 0 bridgehead atoms. The number of hydrogen-bond donors (Lipinski definition) is 1. The Labute approximate surface area is 143 Å². The van der Waals surface area contributed by atoms with Gasteiger partial charge in [-0.05, 0) is 38.0 Å². The summed E-state index contributed by atoms with van der Waals surface area (Å²) in [4.78, 5) is 12.3. The third-order valence-corrected chi connectivity index (χ3v) is 4.92. The van der Waals surface area contributed by atoms with Crippen molar-refractivity contribution in [2.75, 3.05) is 12.4 Å². The predicted molar refractivity (Wildman–Crippen MR) is 90.2 cm³/mol. The van der Waals surface area contributed by atoms with Crippen LogP contribution in [-0.2, 0) is 4.79 Å². The molecule has 1 aliphatic rings. The third kappa shape index (κ3) is 3.79. The van der Waals surface area contributed by atoms with Crippen molar-refractivity contribution in [1.29, 1.82) is 0 Å². The maximum Gasteiger partial charge on any atom is 0.237 e. The van der Waals surface area contributed by atoms with E-state index in [1.54, 1.807) is 31.6 Å². The quantitative estimate of drug-likeness (QED) is 0.807. The lowest BCUT2D eigenvalue weighted by Gasteiger charge is -2.13. The van der Waals surface area contributed by atoms with Crippen LogP contribution < -0.4 is 10.1 Å². The summed E-state index contributed by atoms with van der Waals surface area (Å²) < 4.78 is 7.14. The maximum atomic E-state index is 12.3. The molecule has 2 aromatic rings. The monoisotopic (exact) mass is 352 g/mol. The fraction of sp³-hybridized carbons (Fsp3) is 0.400. The zero-order valence-corrected chi connectivity index (χ0v) is 14.4. The van der Waals surface area contributed by atoms with Gasteiger partial charge in [0.15, 0.2) is 5.16 Å². The number of thioether (sulfide) groups is 1. The van der Waals surface area contributed by atoms with Gasteiger partial charge in [0.1, 0.15) is 12.1 Å². The summed E-state index contributed by atoms with van der Waals surface area (Å²) in [6, 6.07) is 5.64. The molecule has 0 spiro atoms. The number of nitrogens with zero attached hydrogens (tertiary/aromatic N) is 3. The number of carbonyl (C=O) groups is 1. The Morgan fingerprint density at radius 3 is 2.96 bits per heavy atom. The van der Waals surface area contributed by atoms with Crippen LogP contribution in [0.3, 0.4) is 0 Å². The molecule has 0 aliphatic heterocycles. The van der Waals surface area contributed by atoms with Crippen LogP contribution in [0, 0.1) is 0 Å². The number of anilines is 1. The number of halogens is 1. The Kier molecular flexibility index (Phi) is 4.77. The van der Waals surface area contributed by atoms with E-state index in [0.717, 1.165) is 18.0 Å². The molecule has 23 heavy (non-hydrogen) atoms. The first kappa shape index (κ1) is 16.1. The highest BCUT2D eigenvalue weighted by molar-refractivity contribution is 8.00. The number of benzene rings is 1. The van der Waals surface area contributed by atoms with Crippen LogP contribution in [0.2, 0.25) is 5.02 Å². The zero-order chi connectivity index (χ0) is 16.4. The number of methoxy groups -OCH3 is 1. The van der Waals surface area contributed by atoms with Gasteiger partial charge in [0, 0.05) is 11.7 Å². The topological polar surface area (TPSA) is 69.0 Å². The van der Waals surface area contributed by atoms with Crippen LogP contribution in [-0.4, -0.2) is 33.0 Å². The first-order valence-corrected chi connectivity index (χ1v) is 8.55. The van der Waals surface area contributed by atoms with Crippen molar-refractivity contribution in [1.82, 2.24) is 14.8 Å². The minimum Gasteiger partial charge on any atom is -0.495 e. The molecule has 1 amide bonds. The molecule has 0 radical (unpaired) electrons. The Bertz CT molecular complexity index is 717. The number of amides is 1. The number of nitrogens with one attached hydrogen (secondary N) is 1. The molecule has 1 aromatic heterocycles. The van der Waals surface area contributed by atoms with E-state index in [1.807, 2.05) is 11.5 Å². The Morgan fingerprint density at radius 2 is 2.30 bits per heavy atom. The molecule has 8 heteroatoms. The fourth-order valence-electron chi connectivity index (χ4n) is 2.12. The summed E-state index contributed by atoms with van der Waals surface area (Å²) in [5.74, 6) is 0.464. The molecule has 1 saturated carbocycles. The highest BCUT2D eigenvalue weighted by atomic mass is 35.5. The molecule has 3 rings (SSSR count). The fourth-order valence-corrected chi connectivity index (χ4v) is 3.27. The predicted octanol–water partition coefficient (Wildman–Crippen LogP) is 3.39. The van der Waals surface area contributed by atoms with Crippen LogP contribution in [0.1, 0.15) is 25.8 Å². The largest absolute Gasteiger partial charge is 0.495 e. The number of rotatable bonds is 6. The summed E-state index contributed by atoms with van der Waals surface area (Å²) in [5, 5.41) is 11.8. The van der Waals surface area contributed by atoms with Gasteiger partial charge in [-0.25, -0.2) is 0 Å². The van der Waals surface area contributed by atoms with Crippen molar-refractivity contribution < 1.29 is 9.53 Å². The maximum absolute atomic E-state index is 12.3. The van der Waals surface area contributed by atoms with Crippen molar-refractivity contribution >= 4 is 35.0 Å². The van der Waals surface area contributed by atoms with E-state index < -0.39 is 0 Å². The van der Waals surface area contributed by atoms with Crippen LogP contribution in [0.4, 0.5) is 5.69 Å². The molecule has 1 unspecified atom stereocenters. The summed E-state index contributed by atoms with van der Waals surface area (Å²) in [5.41, 5.74) is 0.636. The van der Waals surface area contributed by atoms with E-state index in [2.05, 4.69) is 15.5 Å². The highest BCUT2D eigenvalue weighted by Gasteiger charge is 2.28. The van der Waals surface area contributed by atoms with E-state index in [9.17, 15) is 4.79 Å². The zero-order valence-electron chi connectivity index (χ0n) is 12.8. The van der Waals surface area contributed by atoms with Gasteiger partial charge in [-0.15, -0.1) is 10.2 Å². The van der Waals surface area contributed by atoms with Crippen LogP contribution in [0.25, 0.3) is 0 Å². The molecule has 0 saturated heterocycles.